The van der Waals surface area contributed by atoms with Gasteiger partial charge in [0.2, 0.25) is 11.6 Å². The van der Waals surface area contributed by atoms with Gasteiger partial charge in [-0.05, 0) is 6.42 Å². The number of nitrogens with zero attached hydrogens (tertiary/aromatic N) is 2. The molecule has 1 heterocycles. The van der Waals surface area contributed by atoms with Gasteiger partial charge in [0, 0.05) is 17.0 Å². The maximum Gasteiger partial charge on any atom is 0.258 e. The van der Waals surface area contributed by atoms with E-state index >= 15 is 0 Å². The Morgan fingerprint density at radius 2 is 1.80 bits per heavy atom. The van der Waals surface area contributed by atoms with E-state index in [1.165, 1.54) is 4.68 Å². The number of nitrogens with one attached hydrogen (secondary N) is 1. The SMILES string of the molecule is O=C1c2ccccc2C(=O)c2c1[nH][n+](=O)n2CCCCl. The van der Waals surface area contributed by atoms with E-state index in [4.69, 9.17) is 11.6 Å². The Morgan fingerprint density at radius 1 is 1.15 bits per heavy atom. The zero-order valence-corrected chi connectivity index (χ0v) is 11.2. The van der Waals surface area contributed by atoms with Crippen molar-refractivity contribution in [1.29, 1.82) is 0 Å². The summed E-state index contributed by atoms with van der Waals surface area (Å²) in [5, 5.41) is 2.41. The Kier molecular flexibility index (Phi) is 3.02. The molecule has 1 aromatic carbocycles. The Morgan fingerprint density at radius 3 is 2.45 bits per heavy atom. The molecular formula is C13H11ClN3O3+. The van der Waals surface area contributed by atoms with Crippen molar-refractivity contribution >= 4 is 23.2 Å². The number of ketones is 2. The van der Waals surface area contributed by atoms with E-state index in [0.717, 1.165) is 0 Å². The standard InChI is InChI=1S/C13H10ClN3O3/c14-6-3-7-16-11-10(15-17(16)20)12(18)8-4-1-2-5-9(8)13(11)19/h1-2,4-5H,3,6-7H2/p+1. The Hall–Kier alpha value is -2.21. The number of carbonyl (C=O) groups excluding carboxylic acids is 2. The minimum absolute atomic E-state index is 0.0401. The van der Waals surface area contributed by atoms with Crippen molar-refractivity contribution in [3.05, 3.63) is 51.7 Å². The van der Waals surface area contributed by atoms with Crippen LogP contribution in [-0.4, -0.2) is 27.2 Å². The van der Waals surface area contributed by atoms with Crippen LogP contribution in [0.1, 0.15) is 38.5 Å². The smallest absolute Gasteiger partial charge is 0.258 e. The predicted octanol–water partition coefficient (Wildman–Crippen LogP) is 1.14. The van der Waals surface area contributed by atoms with Crippen LogP contribution in [0.15, 0.2) is 24.3 Å². The Bertz CT molecular complexity index is 775. The fourth-order valence-corrected chi connectivity index (χ4v) is 2.49. The number of aromatic amines is 1. The minimum Gasteiger partial charge on any atom is -0.287 e. The van der Waals surface area contributed by atoms with Gasteiger partial charge < -0.3 is 0 Å². The molecule has 1 aromatic heterocycles. The molecule has 0 saturated heterocycles. The zero-order chi connectivity index (χ0) is 14.3. The van der Waals surface area contributed by atoms with Crippen molar-refractivity contribution in [2.75, 3.05) is 5.88 Å². The maximum atomic E-state index is 12.5. The molecule has 102 valence electrons. The average Bonchev–Trinajstić information content (AvgIpc) is 2.80. The number of fused-ring (bicyclic) bond motifs is 2. The highest BCUT2D eigenvalue weighted by atomic mass is 35.5. The molecule has 0 aliphatic heterocycles. The van der Waals surface area contributed by atoms with Crippen molar-refractivity contribution < 1.29 is 14.2 Å². The maximum absolute atomic E-state index is 12.5. The summed E-state index contributed by atoms with van der Waals surface area (Å²) in [6, 6.07) is 6.55. The number of hydrogen-bond donors (Lipinski definition) is 1. The van der Waals surface area contributed by atoms with Gasteiger partial charge in [0.05, 0.1) is 11.5 Å². The quantitative estimate of drug-likeness (QED) is 0.581. The van der Waals surface area contributed by atoms with Crippen LogP contribution in [0.4, 0.5) is 0 Å². The molecule has 2 aromatic rings. The molecule has 0 bridgehead atoms. The summed E-state index contributed by atoms with van der Waals surface area (Å²) in [7, 11) is 0. The molecule has 0 unspecified atom stereocenters. The highest BCUT2D eigenvalue weighted by Crippen LogP contribution is 2.25. The summed E-state index contributed by atoms with van der Waals surface area (Å²) in [5.74, 6) is -0.300. The summed E-state index contributed by atoms with van der Waals surface area (Å²) < 4.78 is 1.63. The first-order valence-electron chi connectivity index (χ1n) is 6.15. The van der Waals surface area contributed by atoms with Gasteiger partial charge in [0.15, 0.2) is 11.4 Å². The van der Waals surface area contributed by atoms with Crippen LogP contribution in [0.5, 0.6) is 0 Å². The molecular weight excluding hydrogens is 282 g/mol. The minimum atomic E-state index is -0.343. The van der Waals surface area contributed by atoms with E-state index < -0.39 is 0 Å². The summed E-state index contributed by atoms with van der Waals surface area (Å²) in [4.78, 5) is 36.6. The number of H-pyrrole nitrogens is 1. The van der Waals surface area contributed by atoms with Crippen LogP contribution in [0.2, 0.25) is 0 Å². The van der Waals surface area contributed by atoms with E-state index in [9.17, 15) is 14.5 Å². The van der Waals surface area contributed by atoms with Crippen molar-refractivity contribution in [3.8, 4) is 0 Å². The third-order valence-corrected chi connectivity index (χ3v) is 3.55. The van der Waals surface area contributed by atoms with Crippen LogP contribution in [0.3, 0.4) is 0 Å². The Labute approximate surface area is 118 Å². The van der Waals surface area contributed by atoms with E-state index in [2.05, 4.69) is 5.10 Å². The zero-order valence-electron chi connectivity index (χ0n) is 10.4. The van der Waals surface area contributed by atoms with Gasteiger partial charge in [-0.15, -0.1) is 11.6 Å². The van der Waals surface area contributed by atoms with Crippen molar-refractivity contribution in [3.63, 3.8) is 0 Å². The molecule has 0 radical (unpaired) electrons. The largest absolute Gasteiger partial charge is 0.287 e. The van der Waals surface area contributed by atoms with Crippen LogP contribution in [0.25, 0.3) is 0 Å². The first-order chi connectivity index (χ1) is 9.65. The fraction of sp³-hybridized carbons (Fsp3) is 0.231. The molecule has 1 aliphatic carbocycles. The summed E-state index contributed by atoms with van der Waals surface area (Å²) >= 11 is 5.61. The Balaban J connectivity index is 2.21. The topological polar surface area (TPSA) is 77.8 Å². The van der Waals surface area contributed by atoms with Gasteiger partial charge in [-0.1, -0.05) is 34.0 Å². The lowest BCUT2D eigenvalue weighted by atomic mass is 9.90. The predicted molar refractivity (Wildman–Crippen MR) is 70.8 cm³/mol. The molecule has 0 spiro atoms. The van der Waals surface area contributed by atoms with E-state index in [0.29, 0.717) is 28.1 Å². The molecule has 6 nitrogen and oxygen atoms in total. The highest BCUT2D eigenvalue weighted by Gasteiger charge is 2.38. The van der Waals surface area contributed by atoms with Gasteiger partial charge in [0.1, 0.15) is 0 Å². The lowest BCUT2D eigenvalue weighted by Crippen LogP contribution is -2.32. The van der Waals surface area contributed by atoms with Gasteiger partial charge >= 0.3 is 0 Å². The molecule has 1 N–H and O–H groups in total. The average molecular weight is 293 g/mol. The number of halogens is 1. The van der Waals surface area contributed by atoms with Crippen LogP contribution >= 0.6 is 11.6 Å². The lowest BCUT2D eigenvalue weighted by molar-refractivity contribution is -0.652. The first kappa shape index (κ1) is 12.8. The van der Waals surface area contributed by atoms with Gasteiger partial charge in [-0.25, -0.2) is 0 Å². The lowest BCUT2D eigenvalue weighted by Gasteiger charge is -2.11. The van der Waals surface area contributed by atoms with Gasteiger partial charge in [-0.2, -0.15) is 0 Å². The van der Waals surface area contributed by atoms with Crippen molar-refractivity contribution in [2.24, 2.45) is 0 Å². The molecule has 0 atom stereocenters. The normalized spacial score (nSPS) is 13.2. The molecule has 0 fully saturated rings. The van der Waals surface area contributed by atoms with E-state index in [-0.39, 0.29) is 29.5 Å². The highest BCUT2D eigenvalue weighted by molar-refractivity contribution is 6.26. The first-order valence-corrected chi connectivity index (χ1v) is 6.68. The van der Waals surface area contributed by atoms with Crippen molar-refractivity contribution in [1.82, 2.24) is 9.78 Å². The van der Waals surface area contributed by atoms with Crippen molar-refractivity contribution in [2.45, 2.75) is 13.0 Å². The molecule has 7 heteroatoms. The number of hydrogen-bond acceptors (Lipinski definition) is 3. The van der Waals surface area contributed by atoms with Crippen LogP contribution < -0.4 is 4.66 Å². The molecule has 3 rings (SSSR count). The monoisotopic (exact) mass is 292 g/mol. The summed E-state index contributed by atoms with van der Waals surface area (Å²) in [6.07, 6.45) is 0.530. The second-order valence-electron chi connectivity index (χ2n) is 4.48. The number of alkyl halides is 1. The second kappa shape index (κ2) is 4.72. The third-order valence-electron chi connectivity index (χ3n) is 3.28. The van der Waals surface area contributed by atoms with E-state index in [1.54, 1.807) is 24.3 Å². The van der Waals surface area contributed by atoms with Gasteiger partial charge in [-0.3, -0.25) is 9.59 Å². The fourth-order valence-electron chi connectivity index (χ4n) is 2.37. The molecule has 20 heavy (non-hydrogen) atoms. The number of carbonyl (C=O) groups is 2. The van der Waals surface area contributed by atoms with Crippen LogP contribution in [0, 0.1) is 4.91 Å². The summed E-state index contributed by atoms with van der Waals surface area (Å²) in [6.45, 7) is 0.278. The van der Waals surface area contributed by atoms with Gasteiger partial charge in [0.25, 0.3) is 4.66 Å². The third kappa shape index (κ3) is 1.72. The number of rotatable bonds is 3. The van der Waals surface area contributed by atoms with Crippen LogP contribution in [-0.2, 0) is 6.54 Å². The van der Waals surface area contributed by atoms with E-state index in [1.807, 2.05) is 0 Å². The number of benzene rings is 1. The number of aromatic nitrogens is 3. The second-order valence-corrected chi connectivity index (χ2v) is 4.86. The molecule has 1 aliphatic rings. The molecule has 0 saturated carbocycles. The molecule has 0 amide bonds. The summed E-state index contributed by atoms with van der Waals surface area (Å²) in [5.41, 5.74) is 0.785.